The fraction of sp³-hybridized carbons (Fsp3) is 0.154. The fourth-order valence-electron chi connectivity index (χ4n) is 1.51. The van der Waals surface area contributed by atoms with Crippen molar-refractivity contribution in [1.29, 1.82) is 0 Å². The number of anilines is 1. The number of aryl methyl sites for hydroxylation is 2. The van der Waals surface area contributed by atoms with E-state index in [2.05, 4.69) is 32.3 Å². The van der Waals surface area contributed by atoms with E-state index in [0.29, 0.717) is 5.82 Å². The Morgan fingerprint density at radius 1 is 1.11 bits per heavy atom. The van der Waals surface area contributed by atoms with Gasteiger partial charge in [-0.2, -0.15) is 0 Å². The first-order chi connectivity index (χ1) is 8.88. The van der Waals surface area contributed by atoms with E-state index in [1.807, 2.05) is 13.8 Å². The van der Waals surface area contributed by atoms with Crippen LogP contribution in [0.4, 0.5) is 5.82 Å². The number of hydrogen-bond donors (Lipinski definition) is 1. The van der Waals surface area contributed by atoms with Crippen LogP contribution < -0.4 is 4.72 Å². The van der Waals surface area contributed by atoms with Crippen LogP contribution in [0.15, 0.2) is 41.4 Å². The molecule has 0 saturated heterocycles. The third kappa shape index (κ3) is 3.44. The number of nitrogens with zero attached hydrogens (tertiary/aromatic N) is 1. The Hall–Kier alpha value is -1.15. The number of halogens is 1. The summed E-state index contributed by atoms with van der Waals surface area (Å²) in [6.07, 6.45) is 1.61. The topological polar surface area (TPSA) is 59.1 Å². The molecule has 0 aliphatic rings. The SMILES string of the molecule is Cc1ccc(S(=O)(=O)Nc2ccc(I)cn2)cc1C. The first kappa shape index (κ1) is 14.3. The number of benzene rings is 1. The van der Waals surface area contributed by atoms with Gasteiger partial charge in [0.15, 0.2) is 0 Å². The molecule has 0 saturated carbocycles. The molecular weight excluding hydrogens is 375 g/mol. The second kappa shape index (κ2) is 5.46. The zero-order valence-electron chi connectivity index (χ0n) is 10.5. The summed E-state index contributed by atoms with van der Waals surface area (Å²) in [4.78, 5) is 4.28. The minimum Gasteiger partial charge on any atom is -0.263 e. The van der Waals surface area contributed by atoms with Gasteiger partial charge in [0.05, 0.1) is 4.90 Å². The van der Waals surface area contributed by atoms with Crippen molar-refractivity contribution in [2.24, 2.45) is 0 Å². The molecule has 100 valence electrons. The lowest BCUT2D eigenvalue weighted by Crippen LogP contribution is -2.14. The lowest BCUT2D eigenvalue weighted by atomic mass is 10.1. The quantitative estimate of drug-likeness (QED) is 0.823. The smallest absolute Gasteiger partial charge is 0.263 e. The highest BCUT2D eigenvalue weighted by molar-refractivity contribution is 14.1. The van der Waals surface area contributed by atoms with E-state index in [9.17, 15) is 8.42 Å². The maximum atomic E-state index is 12.2. The molecule has 4 nitrogen and oxygen atoms in total. The average molecular weight is 388 g/mol. The van der Waals surface area contributed by atoms with Gasteiger partial charge >= 0.3 is 0 Å². The molecule has 0 radical (unpaired) electrons. The lowest BCUT2D eigenvalue weighted by Gasteiger charge is -2.09. The Labute approximate surface area is 126 Å². The summed E-state index contributed by atoms with van der Waals surface area (Å²) >= 11 is 2.11. The molecule has 1 aromatic carbocycles. The second-order valence-electron chi connectivity index (χ2n) is 4.21. The summed E-state index contributed by atoms with van der Waals surface area (Å²) in [6, 6.07) is 8.49. The molecule has 0 spiro atoms. The molecular formula is C13H13IN2O2S. The molecule has 1 heterocycles. The predicted molar refractivity (Wildman–Crippen MR) is 83.7 cm³/mol. The number of hydrogen-bond acceptors (Lipinski definition) is 3. The maximum Gasteiger partial charge on any atom is 0.263 e. The van der Waals surface area contributed by atoms with E-state index in [1.165, 1.54) is 0 Å². The summed E-state index contributed by atoms with van der Waals surface area (Å²) < 4.78 is 27.8. The van der Waals surface area contributed by atoms with Gasteiger partial charge in [-0.05, 0) is 71.8 Å². The molecule has 0 fully saturated rings. The first-order valence-electron chi connectivity index (χ1n) is 5.60. The van der Waals surface area contributed by atoms with Crippen LogP contribution in [0.25, 0.3) is 0 Å². The van der Waals surface area contributed by atoms with Crippen LogP contribution in [0.1, 0.15) is 11.1 Å². The Morgan fingerprint density at radius 2 is 1.84 bits per heavy atom. The molecule has 0 unspecified atom stereocenters. The Bertz CT molecular complexity index is 697. The van der Waals surface area contributed by atoms with Crippen LogP contribution in [0.5, 0.6) is 0 Å². The first-order valence-corrected chi connectivity index (χ1v) is 8.16. The maximum absolute atomic E-state index is 12.2. The number of rotatable bonds is 3. The molecule has 0 bridgehead atoms. The van der Waals surface area contributed by atoms with Crippen molar-refractivity contribution in [1.82, 2.24) is 4.98 Å². The standard InChI is InChI=1S/C13H13IN2O2S/c1-9-3-5-12(7-10(9)2)19(17,18)16-13-6-4-11(14)8-15-13/h3-8H,1-2H3,(H,15,16). The molecule has 1 aromatic heterocycles. The Kier molecular flexibility index (Phi) is 4.10. The minimum atomic E-state index is -3.58. The van der Waals surface area contributed by atoms with Crippen LogP contribution in [-0.4, -0.2) is 13.4 Å². The van der Waals surface area contributed by atoms with E-state index < -0.39 is 10.0 Å². The number of nitrogens with one attached hydrogen (secondary N) is 1. The normalized spacial score (nSPS) is 11.3. The van der Waals surface area contributed by atoms with Crippen molar-refractivity contribution in [3.63, 3.8) is 0 Å². The van der Waals surface area contributed by atoms with Crippen LogP contribution >= 0.6 is 22.6 Å². The van der Waals surface area contributed by atoms with Crippen molar-refractivity contribution in [2.75, 3.05) is 4.72 Å². The highest BCUT2D eigenvalue weighted by atomic mass is 127. The van der Waals surface area contributed by atoms with Crippen molar-refractivity contribution in [3.05, 3.63) is 51.2 Å². The third-order valence-electron chi connectivity index (χ3n) is 2.75. The van der Waals surface area contributed by atoms with Crippen LogP contribution in [-0.2, 0) is 10.0 Å². The van der Waals surface area contributed by atoms with Crippen molar-refractivity contribution >= 4 is 38.4 Å². The van der Waals surface area contributed by atoms with E-state index in [1.54, 1.807) is 36.5 Å². The molecule has 6 heteroatoms. The minimum absolute atomic E-state index is 0.246. The van der Waals surface area contributed by atoms with Gasteiger partial charge in [-0.25, -0.2) is 13.4 Å². The van der Waals surface area contributed by atoms with Crippen LogP contribution in [0.2, 0.25) is 0 Å². The Balaban J connectivity index is 2.32. The molecule has 1 N–H and O–H groups in total. The summed E-state index contributed by atoms with van der Waals surface area (Å²) in [7, 11) is -3.58. The largest absolute Gasteiger partial charge is 0.263 e. The van der Waals surface area contributed by atoms with Crippen LogP contribution in [0.3, 0.4) is 0 Å². The lowest BCUT2D eigenvalue weighted by molar-refractivity contribution is 0.601. The van der Waals surface area contributed by atoms with Crippen molar-refractivity contribution in [2.45, 2.75) is 18.7 Å². The summed E-state index contributed by atoms with van der Waals surface area (Å²) in [5.74, 6) is 0.318. The van der Waals surface area contributed by atoms with Crippen LogP contribution in [0, 0.1) is 17.4 Å². The molecule has 2 rings (SSSR count). The molecule has 0 aliphatic heterocycles. The van der Waals surface area contributed by atoms with Gasteiger partial charge < -0.3 is 0 Å². The second-order valence-corrected chi connectivity index (χ2v) is 7.14. The number of pyridine rings is 1. The van der Waals surface area contributed by atoms with Gasteiger partial charge in [0, 0.05) is 9.77 Å². The highest BCUT2D eigenvalue weighted by Gasteiger charge is 2.15. The predicted octanol–water partition coefficient (Wildman–Crippen LogP) is 3.10. The summed E-state index contributed by atoms with van der Waals surface area (Å²) in [5.41, 5.74) is 2.00. The molecule has 2 aromatic rings. The van der Waals surface area contributed by atoms with Crippen molar-refractivity contribution in [3.8, 4) is 0 Å². The third-order valence-corrected chi connectivity index (χ3v) is 4.75. The number of aromatic nitrogens is 1. The Morgan fingerprint density at radius 3 is 2.42 bits per heavy atom. The average Bonchev–Trinajstić information content (AvgIpc) is 2.35. The fourth-order valence-corrected chi connectivity index (χ4v) is 2.93. The molecule has 0 amide bonds. The van der Waals surface area contributed by atoms with Crippen molar-refractivity contribution < 1.29 is 8.42 Å². The summed E-state index contributed by atoms with van der Waals surface area (Å²) in [6.45, 7) is 3.83. The van der Waals surface area contributed by atoms with Gasteiger partial charge in [-0.1, -0.05) is 6.07 Å². The van der Waals surface area contributed by atoms with Gasteiger partial charge in [0.2, 0.25) is 0 Å². The number of sulfonamides is 1. The van der Waals surface area contributed by atoms with Gasteiger partial charge in [0.25, 0.3) is 10.0 Å². The molecule has 19 heavy (non-hydrogen) atoms. The van der Waals surface area contributed by atoms with Gasteiger partial charge in [-0.15, -0.1) is 0 Å². The highest BCUT2D eigenvalue weighted by Crippen LogP contribution is 2.18. The zero-order chi connectivity index (χ0) is 14.0. The van der Waals surface area contributed by atoms with E-state index in [-0.39, 0.29) is 4.90 Å². The van der Waals surface area contributed by atoms with Gasteiger partial charge in [-0.3, -0.25) is 4.72 Å². The summed E-state index contributed by atoms with van der Waals surface area (Å²) in [5, 5.41) is 0. The molecule has 0 atom stereocenters. The van der Waals surface area contributed by atoms with E-state index >= 15 is 0 Å². The zero-order valence-corrected chi connectivity index (χ0v) is 13.5. The molecule has 0 aliphatic carbocycles. The van der Waals surface area contributed by atoms with Gasteiger partial charge in [0.1, 0.15) is 5.82 Å². The monoisotopic (exact) mass is 388 g/mol. The van der Waals surface area contributed by atoms with E-state index in [4.69, 9.17) is 0 Å². The van der Waals surface area contributed by atoms with E-state index in [0.717, 1.165) is 14.7 Å².